The monoisotopic (exact) mass is 393 g/mol. The minimum Gasteiger partial charge on any atom is -0.497 e. The van der Waals surface area contributed by atoms with Crippen LogP contribution in [0, 0.1) is 0 Å². The lowest BCUT2D eigenvalue weighted by Gasteiger charge is -2.59. The molecular formula is C19H17Cl2NO2S. The van der Waals surface area contributed by atoms with Gasteiger partial charge >= 0.3 is 0 Å². The molecule has 2 aromatic carbocycles. The summed E-state index contributed by atoms with van der Waals surface area (Å²) in [5.41, 5.74) is 0.995. The summed E-state index contributed by atoms with van der Waals surface area (Å²) < 4.78 is 3.77. The van der Waals surface area contributed by atoms with Crippen molar-refractivity contribution in [3.63, 3.8) is 0 Å². The van der Waals surface area contributed by atoms with Crippen molar-refractivity contribution < 1.29 is 9.53 Å². The number of halogens is 2. The number of hydrogen-bond acceptors (Lipinski definition) is 3. The number of β-lactam (4-membered cyclic amide) rings is 1. The molecule has 1 amide bonds. The van der Waals surface area contributed by atoms with Crippen molar-refractivity contribution >= 4 is 46.6 Å². The number of carbonyl (C=O) groups excluding carboxylic acids is 1. The zero-order valence-corrected chi connectivity index (χ0v) is 16.2. The summed E-state index contributed by atoms with van der Waals surface area (Å²) in [5.74, 6) is 0.484. The molecule has 0 bridgehead atoms. The molecule has 0 N–H and O–H groups in total. The Kier molecular flexibility index (Phi) is 3.98. The molecule has 1 saturated heterocycles. The van der Waals surface area contributed by atoms with E-state index in [1.807, 2.05) is 48.5 Å². The van der Waals surface area contributed by atoms with Gasteiger partial charge in [0.05, 0.1) is 12.8 Å². The van der Waals surface area contributed by atoms with Gasteiger partial charge in [0, 0.05) is 10.1 Å². The average Bonchev–Trinajstić information content (AvgIpc) is 2.74. The van der Waals surface area contributed by atoms with Gasteiger partial charge in [0.25, 0.3) is 5.91 Å². The highest BCUT2D eigenvalue weighted by Gasteiger charge is 2.72. The standard InChI is InChI=1S/C19H17Cl2NO2S/c1-12-11-18(13-7-9-14(24-2)10-8-13)19(20,21)17(23)22(18)15-5-3-4-6-16(15)25-12/h3-10,12H,11H2,1-2H3/t12-,18+/m0/s1. The molecule has 2 aliphatic heterocycles. The largest absolute Gasteiger partial charge is 0.497 e. The van der Waals surface area contributed by atoms with Crippen molar-refractivity contribution in [3.05, 3.63) is 54.1 Å². The van der Waals surface area contributed by atoms with E-state index >= 15 is 0 Å². The minimum absolute atomic E-state index is 0.248. The minimum atomic E-state index is -1.49. The van der Waals surface area contributed by atoms with Gasteiger partial charge in [-0.05, 0) is 36.2 Å². The number of ether oxygens (including phenoxy) is 1. The van der Waals surface area contributed by atoms with Crippen LogP contribution in [0.5, 0.6) is 5.75 Å². The topological polar surface area (TPSA) is 29.5 Å². The molecule has 2 heterocycles. The van der Waals surface area contributed by atoms with Gasteiger partial charge in [0.15, 0.2) is 0 Å². The molecule has 0 radical (unpaired) electrons. The van der Waals surface area contributed by atoms with Crippen molar-refractivity contribution in [2.75, 3.05) is 12.0 Å². The van der Waals surface area contributed by atoms with Crippen LogP contribution in [0.25, 0.3) is 0 Å². The van der Waals surface area contributed by atoms with Gasteiger partial charge in [-0.25, -0.2) is 0 Å². The quantitative estimate of drug-likeness (QED) is 0.531. The maximum atomic E-state index is 12.9. The summed E-state index contributed by atoms with van der Waals surface area (Å²) in [6, 6.07) is 15.6. The molecule has 2 atom stereocenters. The third-order valence-electron chi connectivity index (χ3n) is 4.96. The lowest BCUT2D eigenvalue weighted by Crippen LogP contribution is -2.76. The van der Waals surface area contributed by atoms with Gasteiger partial charge < -0.3 is 4.74 Å². The van der Waals surface area contributed by atoms with E-state index < -0.39 is 9.87 Å². The molecule has 25 heavy (non-hydrogen) atoms. The van der Waals surface area contributed by atoms with Gasteiger partial charge in [-0.3, -0.25) is 9.69 Å². The van der Waals surface area contributed by atoms with Crippen molar-refractivity contribution in [2.45, 2.75) is 33.4 Å². The third kappa shape index (κ3) is 2.24. The average molecular weight is 394 g/mol. The molecule has 2 aromatic rings. The molecule has 4 rings (SSSR count). The van der Waals surface area contributed by atoms with E-state index in [1.54, 1.807) is 23.8 Å². The van der Waals surface area contributed by atoms with Crippen LogP contribution >= 0.6 is 35.0 Å². The number of thioether (sulfide) groups is 1. The number of para-hydroxylation sites is 1. The first-order chi connectivity index (χ1) is 11.9. The van der Waals surface area contributed by atoms with E-state index in [2.05, 4.69) is 6.92 Å². The van der Waals surface area contributed by atoms with Gasteiger partial charge in [-0.1, -0.05) is 54.4 Å². The number of benzene rings is 2. The second-order valence-electron chi connectivity index (χ2n) is 6.40. The smallest absolute Gasteiger partial charge is 0.267 e. The Bertz CT molecular complexity index is 840. The second-order valence-corrected chi connectivity index (χ2v) is 9.21. The lowest BCUT2D eigenvalue weighted by molar-refractivity contribution is -0.129. The number of alkyl halides is 2. The Morgan fingerprint density at radius 2 is 1.84 bits per heavy atom. The van der Waals surface area contributed by atoms with Gasteiger partial charge in [-0.2, -0.15) is 0 Å². The number of amides is 1. The van der Waals surface area contributed by atoms with Crippen LogP contribution in [-0.4, -0.2) is 22.6 Å². The van der Waals surface area contributed by atoms with Crippen LogP contribution in [0.1, 0.15) is 18.9 Å². The Morgan fingerprint density at radius 3 is 2.52 bits per heavy atom. The normalized spacial score (nSPS) is 27.0. The van der Waals surface area contributed by atoms with Gasteiger partial charge in [-0.15, -0.1) is 11.8 Å². The summed E-state index contributed by atoms with van der Waals surface area (Å²) >= 11 is 15.0. The molecule has 3 nitrogen and oxygen atoms in total. The molecule has 0 aromatic heterocycles. The van der Waals surface area contributed by atoms with Crippen molar-refractivity contribution in [1.29, 1.82) is 0 Å². The maximum absolute atomic E-state index is 12.9. The maximum Gasteiger partial charge on any atom is 0.267 e. The predicted octanol–water partition coefficient (Wildman–Crippen LogP) is 5.00. The number of anilines is 1. The summed E-state index contributed by atoms with van der Waals surface area (Å²) in [6.45, 7) is 2.14. The second kappa shape index (κ2) is 5.83. The zero-order chi connectivity index (χ0) is 17.8. The van der Waals surface area contributed by atoms with Crippen LogP contribution in [0.3, 0.4) is 0 Å². The highest BCUT2D eigenvalue weighted by molar-refractivity contribution is 8.00. The van der Waals surface area contributed by atoms with Crippen LogP contribution in [-0.2, 0) is 10.3 Å². The molecule has 130 valence electrons. The summed E-state index contributed by atoms with van der Waals surface area (Å²) in [7, 11) is 1.63. The van der Waals surface area contributed by atoms with Crippen LogP contribution in [0.15, 0.2) is 53.4 Å². The lowest BCUT2D eigenvalue weighted by atomic mass is 9.72. The molecule has 6 heteroatoms. The first-order valence-corrected chi connectivity index (χ1v) is 9.68. The SMILES string of the molecule is COc1ccc([C@@]23C[C@H](C)Sc4ccccc4N2C(=O)C3(Cl)Cl)cc1. The predicted molar refractivity (Wildman–Crippen MR) is 103 cm³/mol. The fourth-order valence-corrected chi connectivity index (χ4v) is 5.73. The van der Waals surface area contributed by atoms with E-state index in [0.717, 1.165) is 21.9 Å². The molecular weight excluding hydrogens is 377 g/mol. The van der Waals surface area contributed by atoms with Crippen molar-refractivity contribution in [2.24, 2.45) is 0 Å². The molecule has 0 saturated carbocycles. The number of methoxy groups -OCH3 is 1. The Balaban J connectivity index is 1.94. The molecule has 1 fully saturated rings. The van der Waals surface area contributed by atoms with Crippen molar-refractivity contribution in [1.82, 2.24) is 0 Å². The molecule has 0 spiro atoms. The first-order valence-electron chi connectivity index (χ1n) is 8.04. The van der Waals surface area contributed by atoms with Crippen LogP contribution < -0.4 is 9.64 Å². The number of carbonyl (C=O) groups is 1. The van der Waals surface area contributed by atoms with E-state index in [0.29, 0.717) is 6.42 Å². The number of rotatable bonds is 2. The Morgan fingerprint density at radius 1 is 1.16 bits per heavy atom. The third-order valence-corrected chi connectivity index (χ3v) is 7.07. The molecule has 0 unspecified atom stereocenters. The zero-order valence-electron chi connectivity index (χ0n) is 13.8. The van der Waals surface area contributed by atoms with Crippen LogP contribution in [0.4, 0.5) is 5.69 Å². The molecule has 0 aliphatic carbocycles. The first kappa shape index (κ1) is 17.1. The van der Waals surface area contributed by atoms with Crippen LogP contribution in [0.2, 0.25) is 0 Å². The fourth-order valence-electron chi connectivity index (χ4n) is 3.82. The van der Waals surface area contributed by atoms with E-state index in [9.17, 15) is 4.79 Å². The fraction of sp³-hybridized carbons (Fsp3) is 0.316. The highest BCUT2D eigenvalue weighted by Crippen LogP contribution is 2.63. The Hall–Kier alpha value is -1.36. The summed E-state index contributed by atoms with van der Waals surface area (Å²) in [4.78, 5) is 15.7. The van der Waals surface area contributed by atoms with Gasteiger partial charge in [0.1, 0.15) is 11.3 Å². The van der Waals surface area contributed by atoms with E-state index in [-0.39, 0.29) is 11.2 Å². The Labute approximate surface area is 161 Å². The number of nitrogens with zero attached hydrogens (tertiary/aromatic N) is 1. The van der Waals surface area contributed by atoms with Crippen molar-refractivity contribution in [3.8, 4) is 5.75 Å². The highest BCUT2D eigenvalue weighted by atomic mass is 35.5. The number of hydrogen-bond donors (Lipinski definition) is 0. The number of fused-ring (bicyclic) bond motifs is 3. The van der Waals surface area contributed by atoms with Gasteiger partial charge in [0.2, 0.25) is 4.33 Å². The summed E-state index contributed by atoms with van der Waals surface area (Å²) in [6.07, 6.45) is 0.664. The van der Waals surface area contributed by atoms with E-state index in [1.165, 1.54) is 0 Å². The molecule has 2 aliphatic rings. The van der Waals surface area contributed by atoms with E-state index in [4.69, 9.17) is 27.9 Å². The summed E-state index contributed by atoms with van der Waals surface area (Å²) in [5, 5.41) is 0.248.